The number of nitrogens with two attached hydrogens (primary N) is 1. The summed E-state index contributed by atoms with van der Waals surface area (Å²) in [6, 6.07) is 1.99. The number of benzene rings is 1. The predicted octanol–water partition coefficient (Wildman–Crippen LogP) is 4.99. The van der Waals surface area contributed by atoms with E-state index in [0.717, 1.165) is 0 Å². The first kappa shape index (κ1) is 14.9. The fraction of sp³-hybridized carbons (Fsp3) is 0.400. The molecule has 1 aromatic carbocycles. The van der Waals surface area contributed by atoms with Gasteiger partial charge in [-0.2, -0.15) is 13.2 Å². The molecule has 0 heterocycles. The van der Waals surface area contributed by atoms with E-state index in [9.17, 15) is 13.2 Å². The first-order valence-corrected chi connectivity index (χ1v) is 5.81. The van der Waals surface area contributed by atoms with Crippen molar-refractivity contribution in [1.29, 1.82) is 0 Å². The van der Waals surface area contributed by atoms with Crippen molar-refractivity contribution in [2.75, 3.05) is 0 Å². The fourth-order valence-electron chi connectivity index (χ4n) is 1.32. The van der Waals surface area contributed by atoms with Gasteiger partial charge in [0.15, 0.2) is 0 Å². The van der Waals surface area contributed by atoms with Crippen molar-refractivity contribution in [1.82, 2.24) is 0 Å². The standard InChI is InChI=1S/C10H9Cl3F3N/c11-5-3-6(9(13)7(12)4-5)8(17)1-2-10(14,15)16/h3-4,8H,1-2,17H2/t8-/m1/s1. The Morgan fingerprint density at radius 1 is 1.18 bits per heavy atom. The van der Waals surface area contributed by atoms with Crippen LogP contribution in [0.4, 0.5) is 13.2 Å². The number of hydrogen-bond acceptors (Lipinski definition) is 1. The maximum absolute atomic E-state index is 12.1. The molecule has 0 spiro atoms. The second-order valence-electron chi connectivity index (χ2n) is 3.55. The molecule has 0 aliphatic heterocycles. The summed E-state index contributed by atoms with van der Waals surface area (Å²) in [5, 5.41) is 0.610. The Balaban J connectivity index is 2.85. The molecule has 17 heavy (non-hydrogen) atoms. The zero-order valence-electron chi connectivity index (χ0n) is 8.49. The van der Waals surface area contributed by atoms with Gasteiger partial charge in [-0.1, -0.05) is 34.8 Å². The lowest BCUT2D eigenvalue weighted by Crippen LogP contribution is -2.16. The lowest BCUT2D eigenvalue weighted by molar-refractivity contribution is -0.136. The van der Waals surface area contributed by atoms with Gasteiger partial charge in [0.25, 0.3) is 0 Å². The van der Waals surface area contributed by atoms with Crippen LogP contribution in [0.2, 0.25) is 15.1 Å². The van der Waals surface area contributed by atoms with Crippen LogP contribution in [-0.4, -0.2) is 6.18 Å². The van der Waals surface area contributed by atoms with Gasteiger partial charge in [0, 0.05) is 17.5 Å². The summed E-state index contributed by atoms with van der Waals surface area (Å²) in [6.07, 6.45) is -5.49. The molecular weight excluding hydrogens is 297 g/mol. The van der Waals surface area contributed by atoms with Gasteiger partial charge in [0.1, 0.15) is 0 Å². The first-order chi connectivity index (χ1) is 7.70. The van der Waals surface area contributed by atoms with E-state index in [1.54, 1.807) is 0 Å². The van der Waals surface area contributed by atoms with E-state index in [1.165, 1.54) is 12.1 Å². The van der Waals surface area contributed by atoms with Crippen LogP contribution in [0, 0.1) is 0 Å². The molecule has 7 heteroatoms. The monoisotopic (exact) mass is 305 g/mol. The summed E-state index contributed by atoms with van der Waals surface area (Å²) in [5.41, 5.74) is 5.97. The van der Waals surface area contributed by atoms with Crippen LogP contribution in [0.25, 0.3) is 0 Å². The van der Waals surface area contributed by atoms with Crippen LogP contribution in [0.1, 0.15) is 24.4 Å². The summed E-state index contributed by atoms with van der Waals surface area (Å²) >= 11 is 17.4. The average molecular weight is 307 g/mol. The van der Waals surface area contributed by atoms with E-state index in [1.807, 2.05) is 0 Å². The molecule has 1 nitrogen and oxygen atoms in total. The molecule has 0 aliphatic carbocycles. The molecule has 0 radical (unpaired) electrons. The number of alkyl halides is 3. The Hall–Kier alpha value is -0.160. The van der Waals surface area contributed by atoms with Gasteiger partial charge in [-0.15, -0.1) is 0 Å². The van der Waals surface area contributed by atoms with Gasteiger partial charge in [-0.25, -0.2) is 0 Å². The van der Waals surface area contributed by atoms with Crippen molar-refractivity contribution in [2.45, 2.75) is 25.1 Å². The normalized spacial score (nSPS) is 13.8. The number of hydrogen-bond donors (Lipinski definition) is 1. The maximum atomic E-state index is 12.1. The number of rotatable bonds is 3. The molecule has 0 saturated carbocycles. The topological polar surface area (TPSA) is 26.0 Å². The summed E-state index contributed by atoms with van der Waals surface area (Å²) < 4.78 is 36.2. The van der Waals surface area contributed by atoms with Crippen molar-refractivity contribution in [3.05, 3.63) is 32.8 Å². The average Bonchev–Trinajstić information content (AvgIpc) is 2.19. The lowest BCUT2D eigenvalue weighted by Gasteiger charge is -2.16. The smallest absolute Gasteiger partial charge is 0.324 e. The predicted molar refractivity (Wildman–Crippen MR) is 63.7 cm³/mol. The van der Waals surface area contributed by atoms with E-state index >= 15 is 0 Å². The highest BCUT2D eigenvalue weighted by molar-refractivity contribution is 6.43. The summed E-state index contributed by atoms with van der Waals surface area (Å²) in [7, 11) is 0. The van der Waals surface area contributed by atoms with Crippen molar-refractivity contribution in [3.63, 3.8) is 0 Å². The molecule has 2 N–H and O–H groups in total. The van der Waals surface area contributed by atoms with Crippen LogP contribution in [0.5, 0.6) is 0 Å². The minimum atomic E-state index is -4.24. The summed E-state index contributed by atoms with van der Waals surface area (Å²) in [5.74, 6) is 0. The van der Waals surface area contributed by atoms with Gasteiger partial charge in [0.2, 0.25) is 0 Å². The van der Waals surface area contributed by atoms with Gasteiger partial charge >= 0.3 is 6.18 Å². The molecule has 0 amide bonds. The summed E-state index contributed by atoms with van der Waals surface area (Å²) in [4.78, 5) is 0. The lowest BCUT2D eigenvalue weighted by atomic mass is 10.0. The molecule has 96 valence electrons. The van der Waals surface area contributed by atoms with E-state index in [2.05, 4.69) is 0 Å². The Morgan fingerprint density at radius 3 is 2.29 bits per heavy atom. The van der Waals surface area contributed by atoms with Crippen LogP contribution in [-0.2, 0) is 0 Å². The first-order valence-electron chi connectivity index (χ1n) is 4.67. The van der Waals surface area contributed by atoms with Crippen LogP contribution in [0.15, 0.2) is 12.1 Å². The van der Waals surface area contributed by atoms with E-state index in [0.29, 0.717) is 5.56 Å². The van der Waals surface area contributed by atoms with Crippen molar-refractivity contribution < 1.29 is 13.2 Å². The zero-order valence-corrected chi connectivity index (χ0v) is 10.8. The Bertz CT molecular complexity index is 407. The molecule has 1 rings (SSSR count). The molecule has 0 aliphatic rings. The largest absolute Gasteiger partial charge is 0.389 e. The molecule has 1 aromatic rings. The minimum Gasteiger partial charge on any atom is -0.324 e. The van der Waals surface area contributed by atoms with Crippen LogP contribution < -0.4 is 5.73 Å². The Morgan fingerprint density at radius 2 is 1.76 bits per heavy atom. The third-order valence-corrected chi connectivity index (χ3v) is 3.19. The van der Waals surface area contributed by atoms with Crippen molar-refractivity contribution >= 4 is 34.8 Å². The third-order valence-electron chi connectivity index (χ3n) is 2.16. The quantitative estimate of drug-likeness (QED) is 0.782. The second-order valence-corrected chi connectivity index (χ2v) is 4.77. The van der Waals surface area contributed by atoms with Gasteiger partial charge < -0.3 is 5.73 Å². The van der Waals surface area contributed by atoms with Crippen molar-refractivity contribution in [3.8, 4) is 0 Å². The van der Waals surface area contributed by atoms with E-state index in [4.69, 9.17) is 40.5 Å². The molecule has 0 fully saturated rings. The van der Waals surface area contributed by atoms with Crippen LogP contribution in [0.3, 0.4) is 0 Å². The highest BCUT2D eigenvalue weighted by Crippen LogP contribution is 2.35. The molecule has 0 aromatic heterocycles. The van der Waals surface area contributed by atoms with Crippen LogP contribution >= 0.6 is 34.8 Å². The SMILES string of the molecule is N[C@H](CCC(F)(F)F)c1cc(Cl)cc(Cl)c1Cl. The molecular formula is C10H9Cl3F3N. The number of halogens is 6. The van der Waals surface area contributed by atoms with E-state index < -0.39 is 18.6 Å². The highest BCUT2D eigenvalue weighted by Gasteiger charge is 2.28. The zero-order chi connectivity index (χ0) is 13.2. The second kappa shape index (κ2) is 5.65. The fourth-order valence-corrected chi connectivity index (χ4v) is 2.08. The molecule has 0 bridgehead atoms. The third kappa shape index (κ3) is 4.54. The Kier molecular flexibility index (Phi) is 4.95. The molecule has 1 atom stereocenters. The van der Waals surface area contributed by atoms with Gasteiger partial charge in [0.05, 0.1) is 10.0 Å². The van der Waals surface area contributed by atoms with Crippen molar-refractivity contribution in [2.24, 2.45) is 5.73 Å². The highest BCUT2D eigenvalue weighted by atomic mass is 35.5. The maximum Gasteiger partial charge on any atom is 0.389 e. The van der Waals surface area contributed by atoms with E-state index in [-0.39, 0.29) is 21.5 Å². The van der Waals surface area contributed by atoms with Gasteiger partial charge in [-0.05, 0) is 24.1 Å². The molecule has 0 saturated heterocycles. The summed E-state index contributed by atoms with van der Waals surface area (Å²) in [6.45, 7) is 0. The Labute approximate surface area is 112 Å². The van der Waals surface area contributed by atoms with Gasteiger partial charge in [-0.3, -0.25) is 0 Å². The minimum absolute atomic E-state index is 0.144. The molecule has 0 unspecified atom stereocenters.